The second-order valence-corrected chi connectivity index (χ2v) is 6.88. The van der Waals surface area contributed by atoms with E-state index in [-0.39, 0.29) is 23.5 Å². The second-order valence-electron chi connectivity index (χ2n) is 4.58. The van der Waals surface area contributed by atoms with Gasteiger partial charge in [0.25, 0.3) is 5.91 Å². The number of aromatic nitrogens is 1. The van der Waals surface area contributed by atoms with E-state index in [2.05, 4.69) is 15.6 Å². The molecule has 0 unspecified atom stereocenters. The first-order valence-corrected chi connectivity index (χ1v) is 7.97. The van der Waals surface area contributed by atoms with Gasteiger partial charge in [0.1, 0.15) is 15.7 Å². The number of carbonyl (C=O) groups excluding carboxylic acids is 1. The first-order chi connectivity index (χ1) is 9.00. The van der Waals surface area contributed by atoms with Crippen molar-refractivity contribution in [2.75, 3.05) is 23.9 Å². The highest BCUT2D eigenvalue weighted by Gasteiger charge is 2.24. The molecular weight excluding hydrogens is 266 g/mol. The molecule has 0 bridgehead atoms. The number of amides is 1. The van der Waals surface area contributed by atoms with Crippen molar-refractivity contribution in [3.05, 3.63) is 23.9 Å². The Hall–Kier alpha value is -1.63. The third kappa shape index (κ3) is 3.66. The number of rotatable bonds is 3. The molecular formula is C12H17N3O3S. The second kappa shape index (κ2) is 5.56. The molecule has 0 spiro atoms. The van der Waals surface area contributed by atoms with Crippen molar-refractivity contribution in [1.82, 2.24) is 10.3 Å². The van der Waals surface area contributed by atoms with Crippen LogP contribution in [0.2, 0.25) is 0 Å². The van der Waals surface area contributed by atoms with Gasteiger partial charge in [0.2, 0.25) is 0 Å². The standard InChI is InChI=1S/C12H17N3O3S/c1-13-11-8-9(2-5-14-11)12(16)15-10-3-6-19(17,18)7-4-10/h2,5,8,10H,3-4,6-7H2,1H3,(H,13,14)(H,15,16). The van der Waals surface area contributed by atoms with Gasteiger partial charge in [0.05, 0.1) is 11.5 Å². The minimum absolute atomic E-state index is 0.0674. The van der Waals surface area contributed by atoms with E-state index in [9.17, 15) is 13.2 Å². The first-order valence-electron chi connectivity index (χ1n) is 6.15. The zero-order chi connectivity index (χ0) is 13.9. The average Bonchev–Trinajstić information content (AvgIpc) is 2.41. The smallest absolute Gasteiger partial charge is 0.251 e. The maximum atomic E-state index is 12.0. The first kappa shape index (κ1) is 13.8. The SMILES string of the molecule is CNc1cc(C(=O)NC2CCS(=O)(=O)CC2)ccn1. The number of pyridine rings is 1. The van der Waals surface area contributed by atoms with Crippen molar-refractivity contribution in [3.8, 4) is 0 Å². The lowest BCUT2D eigenvalue weighted by Gasteiger charge is -2.23. The summed E-state index contributed by atoms with van der Waals surface area (Å²) in [5, 5.41) is 5.73. The van der Waals surface area contributed by atoms with E-state index in [0.29, 0.717) is 24.2 Å². The molecule has 1 aliphatic rings. The quantitative estimate of drug-likeness (QED) is 0.840. The minimum atomic E-state index is -2.90. The van der Waals surface area contributed by atoms with Crippen LogP contribution in [0, 0.1) is 0 Å². The summed E-state index contributed by atoms with van der Waals surface area (Å²) in [6.07, 6.45) is 2.53. The molecule has 1 aliphatic heterocycles. The van der Waals surface area contributed by atoms with Crippen LogP contribution in [-0.4, -0.2) is 43.9 Å². The molecule has 2 heterocycles. The molecule has 1 amide bonds. The van der Waals surface area contributed by atoms with Crippen LogP contribution in [-0.2, 0) is 9.84 Å². The lowest BCUT2D eigenvalue weighted by atomic mass is 10.1. The van der Waals surface area contributed by atoms with E-state index >= 15 is 0 Å². The van der Waals surface area contributed by atoms with E-state index in [4.69, 9.17) is 0 Å². The van der Waals surface area contributed by atoms with Gasteiger partial charge in [0.15, 0.2) is 0 Å². The van der Waals surface area contributed by atoms with E-state index in [1.54, 1.807) is 25.4 Å². The van der Waals surface area contributed by atoms with Gasteiger partial charge in [-0.3, -0.25) is 4.79 Å². The van der Waals surface area contributed by atoms with E-state index in [0.717, 1.165) is 0 Å². The molecule has 2 N–H and O–H groups in total. The van der Waals surface area contributed by atoms with Crippen molar-refractivity contribution in [3.63, 3.8) is 0 Å². The largest absolute Gasteiger partial charge is 0.373 e. The van der Waals surface area contributed by atoms with Crippen LogP contribution in [0.4, 0.5) is 5.82 Å². The third-order valence-electron chi connectivity index (χ3n) is 3.17. The van der Waals surface area contributed by atoms with Gasteiger partial charge in [0, 0.05) is 24.8 Å². The number of nitrogens with one attached hydrogen (secondary N) is 2. The van der Waals surface area contributed by atoms with Crippen molar-refractivity contribution in [2.45, 2.75) is 18.9 Å². The van der Waals surface area contributed by atoms with Gasteiger partial charge in [-0.2, -0.15) is 0 Å². The van der Waals surface area contributed by atoms with E-state index < -0.39 is 9.84 Å². The zero-order valence-electron chi connectivity index (χ0n) is 10.7. The van der Waals surface area contributed by atoms with Crippen molar-refractivity contribution < 1.29 is 13.2 Å². The Kier molecular flexibility index (Phi) is 4.04. The van der Waals surface area contributed by atoms with Gasteiger partial charge in [-0.25, -0.2) is 13.4 Å². The van der Waals surface area contributed by atoms with Gasteiger partial charge >= 0.3 is 0 Å². The summed E-state index contributed by atoms with van der Waals surface area (Å²) in [6.45, 7) is 0. The molecule has 1 aromatic heterocycles. The highest BCUT2D eigenvalue weighted by Crippen LogP contribution is 2.13. The topological polar surface area (TPSA) is 88.2 Å². The van der Waals surface area contributed by atoms with Crippen LogP contribution < -0.4 is 10.6 Å². The third-order valence-corrected chi connectivity index (χ3v) is 4.88. The Morgan fingerprint density at radius 1 is 1.37 bits per heavy atom. The number of sulfone groups is 1. The molecule has 19 heavy (non-hydrogen) atoms. The lowest BCUT2D eigenvalue weighted by Crippen LogP contribution is -2.40. The molecule has 0 saturated carbocycles. The molecule has 6 nitrogen and oxygen atoms in total. The van der Waals surface area contributed by atoms with Gasteiger partial charge in [-0.1, -0.05) is 0 Å². The summed E-state index contributed by atoms with van der Waals surface area (Å²) in [6, 6.07) is 3.23. The fraction of sp³-hybridized carbons (Fsp3) is 0.500. The molecule has 1 aromatic rings. The zero-order valence-corrected chi connectivity index (χ0v) is 11.5. The molecule has 7 heteroatoms. The molecule has 1 saturated heterocycles. The van der Waals surface area contributed by atoms with Crippen molar-refractivity contribution in [2.24, 2.45) is 0 Å². The Balaban J connectivity index is 1.98. The Labute approximate surface area is 112 Å². The highest BCUT2D eigenvalue weighted by molar-refractivity contribution is 7.91. The number of nitrogens with zero attached hydrogens (tertiary/aromatic N) is 1. The molecule has 1 fully saturated rings. The average molecular weight is 283 g/mol. The summed E-state index contributed by atoms with van der Waals surface area (Å²) in [4.78, 5) is 16.1. The maximum Gasteiger partial charge on any atom is 0.251 e. The normalized spacial score (nSPS) is 18.8. The van der Waals surface area contributed by atoms with Crippen molar-refractivity contribution in [1.29, 1.82) is 0 Å². The Morgan fingerprint density at radius 3 is 2.68 bits per heavy atom. The molecule has 0 aliphatic carbocycles. The summed E-state index contributed by atoms with van der Waals surface area (Å²) in [5.74, 6) is 0.730. The predicted octanol–water partition coefficient (Wildman–Crippen LogP) is 0.430. The summed E-state index contributed by atoms with van der Waals surface area (Å²) in [7, 11) is -1.17. The van der Waals surface area contributed by atoms with E-state index in [1.807, 2.05) is 0 Å². The van der Waals surface area contributed by atoms with E-state index in [1.165, 1.54) is 0 Å². The number of hydrogen-bond donors (Lipinski definition) is 2. The summed E-state index contributed by atoms with van der Waals surface area (Å²) >= 11 is 0. The lowest BCUT2D eigenvalue weighted by molar-refractivity contribution is 0.0934. The number of hydrogen-bond acceptors (Lipinski definition) is 5. The molecule has 104 valence electrons. The minimum Gasteiger partial charge on any atom is -0.373 e. The predicted molar refractivity (Wildman–Crippen MR) is 72.9 cm³/mol. The fourth-order valence-electron chi connectivity index (χ4n) is 2.01. The van der Waals surface area contributed by atoms with Gasteiger partial charge in [-0.15, -0.1) is 0 Å². The fourth-order valence-corrected chi connectivity index (χ4v) is 3.50. The van der Waals surface area contributed by atoms with Crippen LogP contribution >= 0.6 is 0 Å². The maximum absolute atomic E-state index is 12.0. The summed E-state index contributed by atoms with van der Waals surface area (Å²) < 4.78 is 22.6. The van der Waals surface area contributed by atoms with Crippen LogP contribution in [0.1, 0.15) is 23.2 Å². The monoisotopic (exact) mass is 283 g/mol. The highest BCUT2D eigenvalue weighted by atomic mass is 32.2. The Morgan fingerprint density at radius 2 is 2.05 bits per heavy atom. The molecule has 0 aromatic carbocycles. The van der Waals surface area contributed by atoms with Crippen LogP contribution in [0.15, 0.2) is 18.3 Å². The van der Waals surface area contributed by atoms with Crippen LogP contribution in [0.25, 0.3) is 0 Å². The molecule has 0 atom stereocenters. The van der Waals surface area contributed by atoms with Crippen LogP contribution in [0.5, 0.6) is 0 Å². The number of carbonyl (C=O) groups is 1. The van der Waals surface area contributed by atoms with Crippen LogP contribution in [0.3, 0.4) is 0 Å². The van der Waals surface area contributed by atoms with Gasteiger partial charge < -0.3 is 10.6 Å². The van der Waals surface area contributed by atoms with Crippen molar-refractivity contribution >= 4 is 21.6 Å². The summed E-state index contributed by atoms with van der Waals surface area (Å²) in [5.41, 5.74) is 0.521. The molecule has 0 radical (unpaired) electrons. The molecule has 2 rings (SSSR count). The van der Waals surface area contributed by atoms with Gasteiger partial charge in [-0.05, 0) is 25.0 Å². The Bertz CT molecular complexity index is 557. The number of anilines is 1.